The van der Waals surface area contributed by atoms with Crippen molar-refractivity contribution in [2.75, 3.05) is 20.2 Å². The minimum absolute atomic E-state index is 0.00143. The molecule has 10 heteroatoms. The molecule has 0 aromatic heterocycles. The molecule has 1 aromatic carbocycles. The quantitative estimate of drug-likeness (QED) is 0.611. The lowest BCUT2D eigenvalue weighted by Crippen LogP contribution is -2.40. The maximum absolute atomic E-state index is 12.1. The molecule has 0 bridgehead atoms. The number of sulfonamides is 1. The summed E-state index contributed by atoms with van der Waals surface area (Å²) in [7, 11) is -2.54. The molecule has 26 heavy (non-hydrogen) atoms. The second-order valence-corrected chi connectivity index (χ2v) is 7.75. The summed E-state index contributed by atoms with van der Waals surface area (Å²) >= 11 is 0. The number of carbonyl (C=O) groups excluding carboxylic acids is 3. The third-order valence-corrected chi connectivity index (χ3v) is 4.74. The van der Waals surface area contributed by atoms with Gasteiger partial charge in [0.1, 0.15) is 0 Å². The van der Waals surface area contributed by atoms with Crippen LogP contribution in [0.25, 0.3) is 0 Å². The molecule has 1 aliphatic carbocycles. The van der Waals surface area contributed by atoms with Crippen LogP contribution in [-0.4, -0.2) is 57.3 Å². The molecule has 0 unspecified atom stereocenters. The first kappa shape index (κ1) is 19.9. The molecule has 1 aliphatic rings. The van der Waals surface area contributed by atoms with Crippen LogP contribution < -0.4 is 10.5 Å². The van der Waals surface area contributed by atoms with E-state index in [0.29, 0.717) is 5.56 Å². The third kappa shape index (κ3) is 5.53. The van der Waals surface area contributed by atoms with Gasteiger partial charge in [0.15, 0.2) is 6.61 Å². The Morgan fingerprint density at radius 2 is 1.96 bits per heavy atom. The number of rotatable bonds is 7. The van der Waals surface area contributed by atoms with Crippen LogP contribution in [0.4, 0.5) is 0 Å². The fraction of sp³-hybridized carbons (Fsp3) is 0.438. The molecule has 142 valence electrons. The molecule has 1 aromatic rings. The fourth-order valence-electron chi connectivity index (χ4n) is 2.12. The molecule has 2 rings (SSSR count). The van der Waals surface area contributed by atoms with Crippen LogP contribution in [0.2, 0.25) is 0 Å². The van der Waals surface area contributed by atoms with Crippen molar-refractivity contribution in [1.29, 1.82) is 0 Å². The maximum atomic E-state index is 12.1. The summed E-state index contributed by atoms with van der Waals surface area (Å²) in [4.78, 5) is 36.7. The molecule has 0 heterocycles. The van der Waals surface area contributed by atoms with E-state index in [9.17, 15) is 22.8 Å². The molecule has 3 N–H and O–H groups in total. The normalized spacial score (nSPS) is 13.8. The first-order valence-corrected chi connectivity index (χ1v) is 9.46. The van der Waals surface area contributed by atoms with E-state index in [0.717, 1.165) is 23.8 Å². The number of aryl methyl sites for hydroxylation is 1. The van der Waals surface area contributed by atoms with E-state index in [2.05, 4.69) is 5.32 Å². The van der Waals surface area contributed by atoms with E-state index < -0.39 is 28.5 Å². The molecular weight excluding hydrogens is 362 g/mol. The van der Waals surface area contributed by atoms with Crippen molar-refractivity contribution in [3.63, 3.8) is 0 Å². The summed E-state index contributed by atoms with van der Waals surface area (Å²) in [6.07, 6.45) is 1.88. The number of benzene rings is 1. The van der Waals surface area contributed by atoms with Crippen LogP contribution in [0.5, 0.6) is 0 Å². The average molecular weight is 383 g/mol. The third-order valence-electron chi connectivity index (χ3n) is 3.83. The van der Waals surface area contributed by atoms with Crippen molar-refractivity contribution in [3.8, 4) is 0 Å². The highest BCUT2D eigenvalue weighted by atomic mass is 32.2. The van der Waals surface area contributed by atoms with Crippen molar-refractivity contribution >= 4 is 27.8 Å². The van der Waals surface area contributed by atoms with E-state index in [1.165, 1.54) is 19.2 Å². The summed E-state index contributed by atoms with van der Waals surface area (Å²) < 4.78 is 27.7. The molecule has 0 aliphatic heterocycles. The van der Waals surface area contributed by atoms with Gasteiger partial charge in [-0.05, 0) is 37.5 Å². The van der Waals surface area contributed by atoms with Gasteiger partial charge < -0.3 is 15.0 Å². The van der Waals surface area contributed by atoms with Gasteiger partial charge in [-0.3, -0.25) is 9.59 Å². The Morgan fingerprint density at radius 1 is 1.31 bits per heavy atom. The van der Waals surface area contributed by atoms with Gasteiger partial charge in [-0.25, -0.2) is 18.4 Å². The van der Waals surface area contributed by atoms with Crippen molar-refractivity contribution < 1.29 is 27.5 Å². The molecule has 2 amide bonds. The first-order chi connectivity index (χ1) is 12.1. The van der Waals surface area contributed by atoms with Crippen molar-refractivity contribution in [2.24, 2.45) is 5.14 Å². The minimum Gasteiger partial charge on any atom is -0.452 e. The zero-order valence-corrected chi connectivity index (χ0v) is 15.3. The van der Waals surface area contributed by atoms with Gasteiger partial charge in [-0.2, -0.15) is 0 Å². The lowest BCUT2D eigenvalue weighted by Gasteiger charge is -2.17. The van der Waals surface area contributed by atoms with E-state index in [1.807, 2.05) is 0 Å². The summed E-state index contributed by atoms with van der Waals surface area (Å²) in [6.45, 7) is 0.900. The first-order valence-electron chi connectivity index (χ1n) is 7.92. The predicted octanol–water partition coefficient (Wildman–Crippen LogP) is -0.464. The van der Waals surface area contributed by atoms with Crippen LogP contribution >= 0.6 is 0 Å². The Labute approximate surface area is 151 Å². The fourth-order valence-corrected chi connectivity index (χ4v) is 2.66. The standard InChI is InChI=1S/C16H21N3O6S/c1-10-3-6-12(26(17,23)24)7-13(10)16(22)25-9-15(21)19(2)8-14(20)18-11-4-5-11/h3,6-7,11H,4-5,8-9H2,1-2H3,(H,18,20)(H2,17,23,24). The van der Waals surface area contributed by atoms with Gasteiger partial charge in [-0.1, -0.05) is 6.07 Å². The zero-order chi connectivity index (χ0) is 19.5. The topological polar surface area (TPSA) is 136 Å². The van der Waals surface area contributed by atoms with Crippen LogP contribution in [0.15, 0.2) is 23.1 Å². The van der Waals surface area contributed by atoms with E-state index in [1.54, 1.807) is 6.92 Å². The number of amides is 2. The second-order valence-electron chi connectivity index (χ2n) is 6.19. The Balaban J connectivity index is 1.93. The lowest BCUT2D eigenvalue weighted by molar-refractivity contribution is -0.137. The predicted molar refractivity (Wildman–Crippen MR) is 91.6 cm³/mol. The number of hydrogen-bond acceptors (Lipinski definition) is 6. The Morgan fingerprint density at radius 3 is 2.54 bits per heavy atom. The molecule has 0 radical (unpaired) electrons. The largest absolute Gasteiger partial charge is 0.452 e. The number of ether oxygens (including phenoxy) is 1. The van der Waals surface area contributed by atoms with E-state index in [4.69, 9.17) is 9.88 Å². The van der Waals surface area contributed by atoms with Gasteiger partial charge in [0, 0.05) is 13.1 Å². The molecule has 0 atom stereocenters. The Kier molecular flexibility index (Phi) is 5.98. The van der Waals surface area contributed by atoms with E-state index >= 15 is 0 Å². The number of nitrogens with one attached hydrogen (secondary N) is 1. The molecule has 0 spiro atoms. The summed E-state index contributed by atoms with van der Waals surface area (Å²) in [5, 5.41) is 7.79. The molecule has 0 saturated heterocycles. The van der Waals surface area contributed by atoms with Crippen LogP contribution in [0.3, 0.4) is 0 Å². The summed E-state index contributed by atoms with van der Waals surface area (Å²) in [5.41, 5.74) is 0.477. The number of esters is 1. The summed E-state index contributed by atoms with van der Waals surface area (Å²) in [5.74, 6) is -1.67. The Bertz CT molecular complexity index is 832. The SMILES string of the molecule is Cc1ccc(S(N)(=O)=O)cc1C(=O)OCC(=O)N(C)CC(=O)NC1CC1. The average Bonchev–Trinajstić information content (AvgIpc) is 3.35. The van der Waals surface area contributed by atoms with Crippen molar-refractivity contribution in [2.45, 2.75) is 30.7 Å². The van der Waals surface area contributed by atoms with Gasteiger partial charge in [0.05, 0.1) is 17.0 Å². The lowest BCUT2D eigenvalue weighted by atomic mass is 10.1. The highest BCUT2D eigenvalue weighted by Gasteiger charge is 2.24. The number of nitrogens with zero attached hydrogens (tertiary/aromatic N) is 1. The number of nitrogens with two attached hydrogens (primary N) is 1. The maximum Gasteiger partial charge on any atom is 0.338 e. The zero-order valence-electron chi connectivity index (χ0n) is 14.5. The molecule has 1 fully saturated rings. The van der Waals surface area contributed by atoms with Gasteiger partial charge in [0.2, 0.25) is 15.9 Å². The van der Waals surface area contributed by atoms with Crippen molar-refractivity contribution in [1.82, 2.24) is 10.2 Å². The number of primary sulfonamides is 1. The van der Waals surface area contributed by atoms with Crippen molar-refractivity contribution in [3.05, 3.63) is 29.3 Å². The number of likely N-dealkylation sites (N-methyl/N-ethyl adjacent to an activating group) is 1. The van der Waals surface area contributed by atoms with Crippen LogP contribution in [-0.2, 0) is 24.3 Å². The monoisotopic (exact) mass is 383 g/mol. The highest BCUT2D eigenvalue weighted by Crippen LogP contribution is 2.18. The molecular formula is C16H21N3O6S. The van der Waals surface area contributed by atoms with Gasteiger partial charge in [-0.15, -0.1) is 0 Å². The summed E-state index contributed by atoms with van der Waals surface area (Å²) in [6, 6.07) is 3.99. The number of carbonyl (C=O) groups is 3. The highest BCUT2D eigenvalue weighted by molar-refractivity contribution is 7.89. The van der Waals surface area contributed by atoms with Gasteiger partial charge >= 0.3 is 5.97 Å². The van der Waals surface area contributed by atoms with Gasteiger partial charge in [0.25, 0.3) is 5.91 Å². The van der Waals surface area contributed by atoms with Crippen LogP contribution in [0, 0.1) is 6.92 Å². The van der Waals surface area contributed by atoms with E-state index in [-0.39, 0.29) is 29.0 Å². The number of hydrogen-bond donors (Lipinski definition) is 2. The molecule has 1 saturated carbocycles. The molecule has 9 nitrogen and oxygen atoms in total. The minimum atomic E-state index is -3.97. The van der Waals surface area contributed by atoms with Crippen LogP contribution in [0.1, 0.15) is 28.8 Å². The smallest absolute Gasteiger partial charge is 0.338 e. The second kappa shape index (κ2) is 7.83. The Hall–Kier alpha value is -2.46.